The van der Waals surface area contributed by atoms with Crippen LogP contribution < -0.4 is 0 Å². The van der Waals surface area contributed by atoms with E-state index in [0.717, 1.165) is 41.0 Å². The summed E-state index contributed by atoms with van der Waals surface area (Å²) in [5.74, 6) is 1.74. The third-order valence-electron chi connectivity index (χ3n) is 4.83. The Labute approximate surface area is 187 Å². The van der Waals surface area contributed by atoms with Crippen LogP contribution in [0.25, 0.3) is 11.3 Å². The molecule has 1 fully saturated rings. The minimum Gasteiger partial charge on any atom is -0.459 e. The van der Waals surface area contributed by atoms with Crippen molar-refractivity contribution in [1.82, 2.24) is 25.1 Å². The van der Waals surface area contributed by atoms with Crippen LogP contribution in [0.2, 0.25) is 0 Å². The average molecular weight is 492 g/mol. The van der Waals surface area contributed by atoms with Crippen molar-refractivity contribution in [2.75, 3.05) is 19.4 Å². The number of benzene rings is 1. The highest BCUT2D eigenvalue weighted by Crippen LogP contribution is 2.25. The molecule has 10 heteroatoms. The molecule has 30 heavy (non-hydrogen) atoms. The summed E-state index contributed by atoms with van der Waals surface area (Å²) in [4.78, 5) is 14.2. The summed E-state index contributed by atoms with van der Waals surface area (Å²) in [7, 11) is 1.76. The Kier molecular flexibility index (Phi) is 6.86. The number of ether oxygens (including phenoxy) is 1. The summed E-state index contributed by atoms with van der Waals surface area (Å²) in [5, 5.41) is 12.4. The van der Waals surface area contributed by atoms with Gasteiger partial charge in [-0.25, -0.2) is 4.68 Å². The standard InChI is InChI=1S/C20H22BrN5O3S/c1-25(11-17-8-9-18(29-17)14-4-6-15(21)7-5-14)19(27)13-30-20-22-23-24-26(20)12-16-3-2-10-28-16/h4-9,16H,2-3,10-13H2,1H3. The number of hydrogen-bond acceptors (Lipinski definition) is 7. The van der Waals surface area contributed by atoms with E-state index in [2.05, 4.69) is 31.5 Å². The molecule has 4 rings (SSSR count). The van der Waals surface area contributed by atoms with Crippen LogP contribution in [0.5, 0.6) is 0 Å². The van der Waals surface area contributed by atoms with Crippen molar-refractivity contribution in [2.45, 2.75) is 37.2 Å². The molecule has 3 heterocycles. The fourth-order valence-electron chi connectivity index (χ4n) is 3.19. The van der Waals surface area contributed by atoms with E-state index in [4.69, 9.17) is 9.15 Å². The van der Waals surface area contributed by atoms with E-state index in [9.17, 15) is 4.79 Å². The molecule has 1 saturated heterocycles. The monoisotopic (exact) mass is 491 g/mol. The Morgan fingerprint density at radius 3 is 2.90 bits per heavy atom. The van der Waals surface area contributed by atoms with Crippen LogP contribution in [0.1, 0.15) is 18.6 Å². The zero-order valence-corrected chi connectivity index (χ0v) is 18.9. The first-order valence-corrected chi connectivity index (χ1v) is 11.5. The fraction of sp³-hybridized carbons (Fsp3) is 0.400. The quantitative estimate of drug-likeness (QED) is 0.444. The Balaban J connectivity index is 1.29. The lowest BCUT2D eigenvalue weighted by atomic mass is 10.2. The lowest BCUT2D eigenvalue weighted by Gasteiger charge is -2.15. The second kappa shape index (κ2) is 9.76. The number of furan rings is 1. The SMILES string of the molecule is CN(Cc1ccc(-c2ccc(Br)cc2)o1)C(=O)CSc1nnnn1CC1CCCO1. The summed E-state index contributed by atoms with van der Waals surface area (Å²) in [6.45, 7) is 1.80. The van der Waals surface area contributed by atoms with Crippen molar-refractivity contribution < 1.29 is 13.9 Å². The number of halogens is 1. The summed E-state index contributed by atoms with van der Waals surface area (Å²) in [5.41, 5.74) is 0.993. The lowest BCUT2D eigenvalue weighted by Crippen LogP contribution is -2.27. The third-order valence-corrected chi connectivity index (χ3v) is 6.30. The maximum Gasteiger partial charge on any atom is 0.233 e. The molecular formula is C20H22BrN5O3S. The Hall–Kier alpha value is -2.17. The highest BCUT2D eigenvalue weighted by atomic mass is 79.9. The van der Waals surface area contributed by atoms with Crippen molar-refractivity contribution in [3.05, 3.63) is 46.6 Å². The first-order valence-electron chi connectivity index (χ1n) is 9.67. The van der Waals surface area contributed by atoms with Gasteiger partial charge >= 0.3 is 0 Å². The molecular weight excluding hydrogens is 470 g/mol. The number of aromatic nitrogens is 4. The molecule has 2 aromatic heterocycles. The van der Waals surface area contributed by atoms with Crippen LogP contribution in [-0.2, 0) is 22.6 Å². The first-order chi connectivity index (χ1) is 14.6. The van der Waals surface area contributed by atoms with E-state index in [1.54, 1.807) is 16.6 Å². The maximum atomic E-state index is 12.6. The molecule has 1 amide bonds. The number of carbonyl (C=O) groups is 1. The number of thioether (sulfide) groups is 1. The zero-order chi connectivity index (χ0) is 20.9. The molecule has 0 aliphatic carbocycles. The van der Waals surface area contributed by atoms with E-state index >= 15 is 0 Å². The fourth-order valence-corrected chi connectivity index (χ4v) is 4.28. The topological polar surface area (TPSA) is 86.3 Å². The number of rotatable bonds is 8. The van der Waals surface area contributed by atoms with Crippen molar-refractivity contribution in [3.8, 4) is 11.3 Å². The van der Waals surface area contributed by atoms with Gasteiger partial charge in [-0.2, -0.15) is 0 Å². The number of tetrazole rings is 1. The van der Waals surface area contributed by atoms with Gasteiger partial charge in [0.1, 0.15) is 11.5 Å². The number of amides is 1. The second-order valence-corrected chi connectivity index (χ2v) is 8.95. The van der Waals surface area contributed by atoms with Crippen LogP contribution in [-0.4, -0.2) is 56.5 Å². The van der Waals surface area contributed by atoms with Crippen molar-refractivity contribution in [2.24, 2.45) is 0 Å². The predicted molar refractivity (Wildman–Crippen MR) is 116 cm³/mol. The minimum atomic E-state index is -0.0201. The van der Waals surface area contributed by atoms with Crippen LogP contribution in [0.4, 0.5) is 0 Å². The summed E-state index contributed by atoms with van der Waals surface area (Å²) in [6.07, 6.45) is 2.22. The molecule has 0 N–H and O–H groups in total. The van der Waals surface area contributed by atoms with Crippen molar-refractivity contribution in [1.29, 1.82) is 0 Å². The molecule has 1 aliphatic rings. The Morgan fingerprint density at radius 1 is 1.30 bits per heavy atom. The van der Waals surface area contributed by atoms with Gasteiger partial charge in [0.05, 0.1) is 24.9 Å². The third kappa shape index (κ3) is 5.30. The highest BCUT2D eigenvalue weighted by molar-refractivity contribution is 9.10. The van der Waals surface area contributed by atoms with Crippen molar-refractivity contribution in [3.63, 3.8) is 0 Å². The molecule has 158 valence electrons. The van der Waals surface area contributed by atoms with E-state index < -0.39 is 0 Å². The second-order valence-electron chi connectivity index (χ2n) is 7.09. The van der Waals surface area contributed by atoms with Gasteiger partial charge in [-0.3, -0.25) is 4.79 Å². The molecule has 0 bridgehead atoms. The molecule has 1 aliphatic heterocycles. The Morgan fingerprint density at radius 2 is 2.13 bits per heavy atom. The number of hydrogen-bond donors (Lipinski definition) is 0. The van der Waals surface area contributed by atoms with E-state index in [0.29, 0.717) is 18.2 Å². The van der Waals surface area contributed by atoms with E-state index in [-0.39, 0.29) is 17.8 Å². The molecule has 8 nitrogen and oxygen atoms in total. The lowest BCUT2D eigenvalue weighted by molar-refractivity contribution is -0.127. The molecule has 0 saturated carbocycles. The van der Waals surface area contributed by atoms with Gasteiger partial charge in [-0.05, 0) is 47.5 Å². The van der Waals surface area contributed by atoms with Gasteiger partial charge in [0, 0.05) is 23.7 Å². The van der Waals surface area contributed by atoms with Crippen LogP contribution >= 0.6 is 27.7 Å². The summed E-state index contributed by atoms with van der Waals surface area (Å²) < 4.78 is 14.3. The number of carbonyl (C=O) groups excluding carboxylic acids is 1. The van der Waals surface area contributed by atoms with Gasteiger partial charge in [0.25, 0.3) is 0 Å². The van der Waals surface area contributed by atoms with Crippen LogP contribution in [0.3, 0.4) is 0 Å². The molecule has 1 unspecified atom stereocenters. The van der Waals surface area contributed by atoms with Crippen LogP contribution in [0.15, 0.2) is 50.4 Å². The van der Waals surface area contributed by atoms with Gasteiger partial charge in [0.15, 0.2) is 0 Å². The highest BCUT2D eigenvalue weighted by Gasteiger charge is 2.20. The first kappa shape index (κ1) is 21.1. The van der Waals surface area contributed by atoms with Gasteiger partial charge < -0.3 is 14.1 Å². The van der Waals surface area contributed by atoms with Gasteiger partial charge in [-0.1, -0.05) is 39.8 Å². The molecule has 1 aromatic carbocycles. The minimum absolute atomic E-state index is 0.0201. The summed E-state index contributed by atoms with van der Waals surface area (Å²) in [6, 6.07) is 11.7. The van der Waals surface area contributed by atoms with Crippen molar-refractivity contribution >= 4 is 33.6 Å². The normalized spacial score (nSPS) is 16.1. The smallest absolute Gasteiger partial charge is 0.233 e. The molecule has 0 spiro atoms. The maximum absolute atomic E-state index is 12.6. The predicted octanol–water partition coefficient (Wildman–Crippen LogP) is 3.63. The number of nitrogens with zero attached hydrogens (tertiary/aromatic N) is 5. The van der Waals surface area contributed by atoms with E-state index in [1.165, 1.54) is 11.8 Å². The van der Waals surface area contributed by atoms with Gasteiger partial charge in [-0.15, -0.1) is 5.10 Å². The zero-order valence-electron chi connectivity index (χ0n) is 16.5. The molecule has 3 aromatic rings. The van der Waals surface area contributed by atoms with E-state index in [1.807, 2.05) is 36.4 Å². The summed E-state index contributed by atoms with van der Waals surface area (Å²) >= 11 is 4.76. The van der Waals surface area contributed by atoms with Crippen LogP contribution in [0, 0.1) is 0 Å². The average Bonchev–Trinajstić information content (AvgIpc) is 3.50. The molecule has 0 radical (unpaired) electrons. The largest absolute Gasteiger partial charge is 0.459 e. The Bertz CT molecular complexity index is 985. The molecule has 1 atom stereocenters. The van der Waals surface area contributed by atoms with Gasteiger partial charge in [0.2, 0.25) is 11.1 Å².